The van der Waals surface area contributed by atoms with Crippen molar-refractivity contribution in [3.8, 4) is 16.9 Å². The van der Waals surface area contributed by atoms with E-state index >= 15 is 0 Å². The summed E-state index contributed by atoms with van der Waals surface area (Å²) in [6, 6.07) is 14.6. The highest BCUT2D eigenvalue weighted by Crippen LogP contribution is 2.21. The van der Waals surface area contributed by atoms with Crippen LogP contribution in [0.15, 0.2) is 60.9 Å². The van der Waals surface area contributed by atoms with Gasteiger partial charge in [-0.1, -0.05) is 36.4 Å². The molecule has 170 valence electrons. The number of methoxy groups -OCH3 is 1. The molecule has 0 radical (unpaired) electrons. The van der Waals surface area contributed by atoms with E-state index in [0.717, 1.165) is 22.4 Å². The molecule has 0 aliphatic heterocycles. The second-order valence-electron chi connectivity index (χ2n) is 6.38. The fourth-order valence-corrected chi connectivity index (χ4v) is 2.49. The van der Waals surface area contributed by atoms with E-state index in [1.807, 2.05) is 36.4 Å². The van der Waals surface area contributed by atoms with Crippen molar-refractivity contribution in [3.05, 3.63) is 72.1 Å². The third kappa shape index (κ3) is 7.13. The molecule has 0 spiro atoms. The summed E-state index contributed by atoms with van der Waals surface area (Å²) in [7, 11) is 1.59. The summed E-state index contributed by atoms with van der Waals surface area (Å²) in [5.74, 6) is -2.48. The van der Waals surface area contributed by atoms with E-state index in [-0.39, 0.29) is 0 Å². The number of aliphatic hydroxyl groups excluding tert-OH is 1. The zero-order chi connectivity index (χ0) is 23.7. The molecule has 1 aromatic heterocycles. The van der Waals surface area contributed by atoms with Crippen LogP contribution in [0.5, 0.6) is 5.75 Å². The number of ether oxygens (including phenoxy) is 1. The number of aliphatic hydroxyl groups is 1. The molecule has 0 aliphatic rings. The van der Waals surface area contributed by atoms with E-state index in [0.29, 0.717) is 12.1 Å². The Kier molecular flexibility index (Phi) is 8.36. The lowest BCUT2D eigenvalue weighted by molar-refractivity contribution is -0.192. The number of rotatable bonds is 6. The van der Waals surface area contributed by atoms with Gasteiger partial charge in [0.05, 0.1) is 13.3 Å². The molecule has 2 aromatic carbocycles. The van der Waals surface area contributed by atoms with Gasteiger partial charge in [-0.25, -0.2) is 4.79 Å². The number of nitrogens with zero attached hydrogens (tertiary/aromatic N) is 1. The van der Waals surface area contributed by atoms with E-state index in [1.165, 1.54) is 0 Å². The maximum atomic E-state index is 12.2. The summed E-state index contributed by atoms with van der Waals surface area (Å²) in [6.45, 7) is 0.320. The first-order valence-corrected chi connectivity index (χ1v) is 9.09. The Balaban J connectivity index is 0.000000451. The lowest BCUT2D eigenvalue weighted by Crippen LogP contribution is -2.28. The molecule has 0 saturated carbocycles. The Hall–Kier alpha value is -3.86. The van der Waals surface area contributed by atoms with Gasteiger partial charge in [0.1, 0.15) is 5.75 Å². The van der Waals surface area contributed by atoms with Gasteiger partial charge in [-0.3, -0.25) is 9.89 Å². The van der Waals surface area contributed by atoms with Gasteiger partial charge in [0.25, 0.3) is 5.91 Å². The van der Waals surface area contributed by atoms with Crippen molar-refractivity contribution < 1.29 is 37.7 Å². The largest absolute Gasteiger partial charge is 0.497 e. The van der Waals surface area contributed by atoms with Crippen molar-refractivity contribution in [1.29, 1.82) is 0 Å². The van der Waals surface area contributed by atoms with Crippen LogP contribution in [-0.2, 0) is 16.1 Å². The highest BCUT2D eigenvalue weighted by Gasteiger charge is 2.38. The quantitative estimate of drug-likeness (QED) is 0.457. The molecule has 0 saturated heterocycles. The summed E-state index contributed by atoms with van der Waals surface area (Å²) >= 11 is 0. The number of aromatic amines is 1. The number of carbonyl (C=O) groups is 2. The van der Waals surface area contributed by atoms with Gasteiger partial charge in [-0.2, -0.15) is 18.3 Å². The number of hydrogen-bond donors (Lipinski definition) is 4. The summed E-state index contributed by atoms with van der Waals surface area (Å²) in [5.41, 5.74) is 3.34. The molecule has 3 aromatic rings. The Morgan fingerprint density at radius 2 is 1.81 bits per heavy atom. The first kappa shape index (κ1) is 24.4. The van der Waals surface area contributed by atoms with Crippen LogP contribution in [0.2, 0.25) is 0 Å². The highest BCUT2D eigenvalue weighted by molar-refractivity contribution is 5.82. The van der Waals surface area contributed by atoms with Crippen LogP contribution in [0.1, 0.15) is 17.2 Å². The molecule has 11 heteroatoms. The number of aromatic nitrogens is 2. The number of carboxylic acids is 1. The Bertz CT molecular complexity index is 1020. The zero-order valence-electron chi connectivity index (χ0n) is 16.8. The average Bonchev–Trinajstić information content (AvgIpc) is 3.32. The van der Waals surface area contributed by atoms with Crippen molar-refractivity contribution in [2.45, 2.75) is 18.8 Å². The molecular weight excluding hydrogens is 431 g/mol. The second kappa shape index (κ2) is 11.0. The standard InChI is InChI=1S/C19H19N3O3.C2HF3O2/c1-25-17-4-2-3-13(9-17)10-20-19(24)18(23)15-7-5-14(6-8-15)16-11-21-22-12-16;3-2(4,5)1(6)7/h2-9,11-12,18,23H,10H2,1H3,(H,20,24)(H,21,22);(H,6,7). The Morgan fingerprint density at radius 3 is 2.34 bits per heavy atom. The Labute approximate surface area is 180 Å². The van der Waals surface area contributed by atoms with Crippen LogP contribution in [0.3, 0.4) is 0 Å². The smallest absolute Gasteiger partial charge is 0.490 e. The van der Waals surface area contributed by atoms with E-state index < -0.39 is 24.2 Å². The van der Waals surface area contributed by atoms with Gasteiger partial charge >= 0.3 is 12.1 Å². The number of hydrogen-bond acceptors (Lipinski definition) is 5. The maximum absolute atomic E-state index is 12.2. The predicted molar refractivity (Wildman–Crippen MR) is 108 cm³/mol. The van der Waals surface area contributed by atoms with Crippen molar-refractivity contribution >= 4 is 11.9 Å². The van der Waals surface area contributed by atoms with Gasteiger partial charge in [-0.15, -0.1) is 0 Å². The van der Waals surface area contributed by atoms with Crippen molar-refractivity contribution in [2.75, 3.05) is 7.11 Å². The predicted octanol–water partition coefficient (Wildman–Crippen LogP) is 3.07. The third-order valence-corrected chi connectivity index (χ3v) is 4.15. The number of halogens is 3. The number of amides is 1. The highest BCUT2D eigenvalue weighted by atomic mass is 19.4. The molecule has 0 fully saturated rings. The number of benzene rings is 2. The lowest BCUT2D eigenvalue weighted by Gasteiger charge is -2.12. The summed E-state index contributed by atoms with van der Waals surface area (Å²) in [6.07, 6.45) is -2.80. The van der Waals surface area contributed by atoms with Crippen molar-refractivity contribution in [1.82, 2.24) is 15.5 Å². The molecule has 32 heavy (non-hydrogen) atoms. The second-order valence-corrected chi connectivity index (χ2v) is 6.38. The molecule has 4 N–H and O–H groups in total. The van der Waals surface area contributed by atoms with Gasteiger partial charge in [0.15, 0.2) is 6.10 Å². The van der Waals surface area contributed by atoms with Crippen LogP contribution in [0.4, 0.5) is 13.2 Å². The third-order valence-electron chi connectivity index (χ3n) is 4.15. The van der Waals surface area contributed by atoms with Crippen LogP contribution >= 0.6 is 0 Å². The number of carboxylic acid groups (broad SMARTS) is 1. The average molecular weight is 451 g/mol. The van der Waals surface area contributed by atoms with Gasteiger partial charge in [0.2, 0.25) is 0 Å². The first-order valence-electron chi connectivity index (χ1n) is 9.09. The number of nitrogens with one attached hydrogen (secondary N) is 2. The first-order chi connectivity index (χ1) is 15.1. The molecule has 3 rings (SSSR count). The van der Waals surface area contributed by atoms with Crippen LogP contribution in [0, 0.1) is 0 Å². The SMILES string of the molecule is COc1cccc(CNC(=O)C(O)c2ccc(-c3cn[nH]c3)cc2)c1.O=C(O)C(F)(F)F. The van der Waals surface area contributed by atoms with E-state index in [4.69, 9.17) is 14.6 Å². The number of carbonyl (C=O) groups excluding carboxylic acids is 1. The van der Waals surface area contributed by atoms with Gasteiger partial charge in [0, 0.05) is 18.3 Å². The number of aliphatic carboxylic acids is 1. The molecule has 1 heterocycles. The van der Waals surface area contributed by atoms with E-state index in [1.54, 1.807) is 31.6 Å². The van der Waals surface area contributed by atoms with Crippen LogP contribution in [0.25, 0.3) is 11.1 Å². The van der Waals surface area contributed by atoms with Crippen LogP contribution in [-0.4, -0.2) is 45.6 Å². The van der Waals surface area contributed by atoms with E-state index in [2.05, 4.69) is 15.5 Å². The topological polar surface area (TPSA) is 125 Å². The summed E-state index contributed by atoms with van der Waals surface area (Å²) < 4.78 is 36.9. The van der Waals surface area contributed by atoms with Crippen molar-refractivity contribution in [2.24, 2.45) is 0 Å². The zero-order valence-corrected chi connectivity index (χ0v) is 16.8. The molecule has 8 nitrogen and oxygen atoms in total. The molecule has 0 bridgehead atoms. The molecule has 1 unspecified atom stereocenters. The fraction of sp³-hybridized carbons (Fsp3) is 0.190. The van der Waals surface area contributed by atoms with Crippen LogP contribution < -0.4 is 10.1 Å². The monoisotopic (exact) mass is 451 g/mol. The summed E-state index contributed by atoms with van der Waals surface area (Å²) in [4.78, 5) is 21.1. The minimum atomic E-state index is -5.08. The summed E-state index contributed by atoms with van der Waals surface area (Å²) in [5, 5.41) is 26.7. The molecular formula is C21H20F3N3O5. The van der Waals surface area contributed by atoms with Crippen molar-refractivity contribution in [3.63, 3.8) is 0 Å². The number of alkyl halides is 3. The molecule has 1 atom stereocenters. The molecule has 1 amide bonds. The maximum Gasteiger partial charge on any atom is 0.490 e. The number of H-pyrrole nitrogens is 1. The lowest BCUT2D eigenvalue weighted by atomic mass is 10.0. The minimum Gasteiger partial charge on any atom is -0.497 e. The van der Waals surface area contributed by atoms with Gasteiger partial charge < -0.3 is 20.3 Å². The normalized spacial score (nSPS) is 11.7. The minimum absolute atomic E-state index is 0.320. The fourth-order valence-electron chi connectivity index (χ4n) is 2.49. The Morgan fingerprint density at radius 1 is 1.16 bits per heavy atom. The van der Waals surface area contributed by atoms with E-state index in [9.17, 15) is 23.1 Å². The van der Waals surface area contributed by atoms with Gasteiger partial charge in [-0.05, 0) is 28.8 Å². The molecule has 0 aliphatic carbocycles.